The second-order valence-electron chi connectivity index (χ2n) is 4.13. The molecule has 5 nitrogen and oxygen atoms in total. The largest absolute Gasteiger partial charge is 0.399 e. The minimum Gasteiger partial charge on any atom is -0.399 e. The molecule has 1 amide bonds. The van der Waals surface area contributed by atoms with E-state index in [2.05, 4.69) is 24.1 Å². The number of nitrogens with one attached hydrogen (secondary N) is 1. The maximum atomic E-state index is 11.9. The molecular weight excluding hydrogens is 335 g/mol. The van der Waals surface area contributed by atoms with Gasteiger partial charge in [-0.1, -0.05) is 13.8 Å². The van der Waals surface area contributed by atoms with E-state index in [0.29, 0.717) is 23.5 Å². The molecule has 21 heavy (non-hydrogen) atoms. The lowest BCUT2D eigenvalue weighted by molar-refractivity contribution is 0.0950. The normalized spacial score (nSPS) is 9.10. The van der Waals surface area contributed by atoms with Gasteiger partial charge in [0.25, 0.3) is 5.91 Å². The fourth-order valence-corrected chi connectivity index (χ4v) is 1.75. The number of anilines is 2. The highest BCUT2D eigenvalue weighted by molar-refractivity contribution is 5.99. The highest BCUT2D eigenvalue weighted by Gasteiger charge is 2.09. The molecule has 0 spiro atoms. The van der Waals surface area contributed by atoms with E-state index >= 15 is 0 Å². The molecule has 1 aromatic carbocycles. The number of carbonyl (C=O) groups excluding carboxylic acids is 1. The van der Waals surface area contributed by atoms with Crippen molar-refractivity contribution in [1.82, 2.24) is 10.2 Å². The summed E-state index contributed by atoms with van der Waals surface area (Å²) >= 11 is 0. The van der Waals surface area contributed by atoms with Crippen LogP contribution in [0.4, 0.5) is 11.4 Å². The van der Waals surface area contributed by atoms with Gasteiger partial charge >= 0.3 is 0 Å². The molecule has 0 aromatic heterocycles. The molecule has 0 saturated heterocycles. The Morgan fingerprint density at radius 2 is 1.71 bits per heavy atom. The molecule has 1 rings (SSSR count). The molecule has 1 aromatic rings. The van der Waals surface area contributed by atoms with Crippen LogP contribution in [0.2, 0.25) is 0 Å². The Morgan fingerprint density at radius 3 is 2.19 bits per heavy atom. The van der Waals surface area contributed by atoms with Crippen molar-refractivity contribution in [2.75, 3.05) is 37.6 Å². The van der Waals surface area contributed by atoms with Crippen LogP contribution in [0.3, 0.4) is 0 Å². The summed E-state index contributed by atoms with van der Waals surface area (Å²) in [7, 11) is 0. The fourth-order valence-electron chi connectivity index (χ4n) is 1.75. The first-order valence-corrected chi connectivity index (χ1v) is 6.24. The number of halogens is 3. The van der Waals surface area contributed by atoms with Gasteiger partial charge in [0.05, 0.1) is 5.56 Å². The Kier molecular flexibility index (Phi) is 15.3. The Hall–Kier alpha value is -0.880. The van der Waals surface area contributed by atoms with Crippen molar-refractivity contribution in [2.45, 2.75) is 13.8 Å². The molecule has 0 bridgehead atoms. The van der Waals surface area contributed by atoms with Gasteiger partial charge < -0.3 is 21.7 Å². The molecule has 0 unspecified atom stereocenters. The monoisotopic (exact) mass is 358 g/mol. The second-order valence-corrected chi connectivity index (χ2v) is 4.13. The molecule has 0 heterocycles. The average Bonchev–Trinajstić information content (AvgIpc) is 2.34. The smallest absolute Gasteiger partial charge is 0.253 e. The van der Waals surface area contributed by atoms with Crippen molar-refractivity contribution in [3.05, 3.63) is 23.8 Å². The number of likely N-dealkylation sites (N-methyl/N-ethyl adjacent to an activating group) is 1. The summed E-state index contributed by atoms with van der Waals surface area (Å²) in [5.41, 5.74) is 12.8. The SMILES string of the molecule is CCN(CC)CCNC(=O)c1ccc(N)cc1N.Cl.Cl.Cl. The zero-order valence-corrected chi connectivity index (χ0v) is 14.7. The summed E-state index contributed by atoms with van der Waals surface area (Å²) < 4.78 is 0. The van der Waals surface area contributed by atoms with Crippen LogP contribution in [0.1, 0.15) is 24.2 Å². The fraction of sp³-hybridized carbons (Fsp3) is 0.462. The second kappa shape index (κ2) is 12.8. The minimum atomic E-state index is -0.153. The zero-order valence-electron chi connectivity index (χ0n) is 12.3. The lowest BCUT2D eigenvalue weighted by Gasteiger charge is -2.18. The summed E-state index contributed by atoms with van der Waals surface area (Å²) in [5.74, 6) is -0.153. The van der Waals surface area contributed by atoms with Crippen LogP contribution in [0, 0.1) is 0 Å². The summed E-state index contributed by atoms with van der Waals surface area (Å²) in [6.07, 6.45) is 0. The molecule has 0 fully saturated rings. The molecule has 5 N–H and O–H groups in total. The van der Waals surface area contributed by atoms with E-state index in [1.165, 1.54) is 0 Å². The molecule has 124 valence electrons. The van der Waals surface area contributed by atoms with Gasteiger partial charge in [0.1, 0.15) is 0 Å². The highest BCUT2D eigenvalue weighted by atomic mass is 35.5. The highest BCUT2D eigenvalue weighted by Crippen LogP contribution is 2.15. The maximum absolute atomic E-state index is 11.9. The van der Waals surface area contributed by atoms with Gasteiger partial charge in [-0.2, -0.15) is 0 Å². The maximum Gasteiger partial charge on any atom is 0.253 e. The molecule has 8 heteroatoms. The third-order valence-corrected chi connectivity index (χ3v) is 2.93. The van der Waals surface area contributed by atoms with Crippen molar-refractivity contribution >= 4 is 54.5 Å². The van der Waals surface area contributed by atoms with Gasteiger partial charge in [-0.05, 0) is 31.3 Å². The van der Waals surface area contributed by atoms with Gasteiger partial charge in [0.15, 0.2) is 0 Å². The van der Waals surface area contributed by atoms with Crippen molar-refractivity contribution in [1.29, 1.82) is 0 Å². The van der Waals surface area contributed by atoms with Crippen LogP contribution < -0.4 is 16.8 Å². The van der Waals surface area contributed by atoms with Crippen molar-refractivity contribution in [3.63, 3.8) is 0 Å². The van der Waals surface area contributed by atoms with Crippen LogP contribution in [0.15, 0.2) is 18.2 Å². The third kappa shape index (κ3) is 8.21. The number of nitrogens with two attached hydrogens (primary N) is 2. The van der Waals surface area contributed by atoms with E-state index in [-0.39, 0.29) is 43.1 Å². The van der Waals surface area contributed by atoms with Gasteiger partial charge in [-0.3, -0.25) is 4.79 Å². The number of benzene rings is 1. The van der Waals surface area contributed by atoms with E-state index in [1.807, 2.05) is 0 Å². The van der Waals surface area contributed by atoms with Crippen LogP contribution in [0.25, 0.3) is 0 Å². The van der Waals surface area contributed by atoms with Gasteiger partial charge in [-0.15, -0.1) is 37.2 Å². The quantitative estimate of drug-likeness (QED) is 0.680. The topological polar surface area (TPSA) is 84.4 Å². The molecular formula is C13H25Cl3N4O. The minimum absolute atomic E-state index is 0. The predicted molar refractivity (Wildman–Crippen MR) is 97.1 cm³/mol. The summed E-state index contributed by atoms with van der Waals surface area (Å²) in [6.45, 7) is 7.62. The Balaban J connectivity index is -0.00000108. The van der Waals surface area contributed by atoms with Crippen molar-refractivity contribution in [2.24, 2.45) is 0 Å². The lowest BCUT2D eigenvalue weighted by Crippen LogP contribution is -2.35. The molecule has 0 radical (unpaired) electrons. The lowest BCUT2D eigenvalue weighted by atomic mass is 10.1. The average molecular weight is 360 g/mol. The van der Waals surface area contributed by atoms with Crippen LogP contribution in [-0.4, -0.2) is 37.0 Å². The third-order valence-electron chi connectivity index (χ3n) is 2.93. The molecule has 0 aliphatic heterocycles. The molecule has 0 aliphatic carbocycles. The first-order chi connectivity index (χ1) is 8.58. The van der Waals surface area contributed by atoms with E-state index in [0.717, 1.165) is 19.6 Å². The van der Waals surface area contributed by atoms with Crippen molar-refractivity contribution < 1.29 is 4.79 Å². The number of hydrogen-bond donors (Lipinski definition) is 3. The van der Waals surface area contributed by atoms with Gasteiger partial charge in [-0.25, -0.2) is 0 Å². The van der Waals surface area contributed by atoms with E-state index in [4.69, 9.17) is 11.5 Å². The predicted octanol–water partition coefficient (Wildman–Crippen LogP) is 2.19. The van der Waals surface area contributed by atoms with Gasteiger partial charge in [0.2, 0.25) is 0 Å². The van der Waals surface area contributed by atoms with E-state index in [9.17, 15) is 4.79 Å². The number of hydrogen-bond acceptors (Lipinski definition) is 4. The van der Waals surface area contributed by atoms with Crippen LogP contribution in [-0.2, 0) is 0 Å². The first-order valence-electron chi connectivity index (χ1n) is 6.24. The number of carbonyl (C=O) groups is 1. The molecule has 0 aliphatic rings. The zero-order chi connectivity index (χ0) is 13.5. The Bertz CT molecular complexity index is 414. The van der Waals surface area contributed by atoms with Crippen LogP contribution in [0.5, 0.6) is 0 Å². The molecule has 0 atom stereocenters. The number of amides is 1. The number of nitrogen functional groups attached to an aromatic ring is 2. The summed E-state index contributed by atoms with van der Waals surface area (Å²) in [4.78, 5) is 14.1. The van der Waals surface area contributed by atoms with Gasteiger partial charge in [0, 0.05) is 24.5 Å². The number of nitrogens with zero attached hydrogens (tertiary/aromatic N) is 1. The van der Waals surface area contributed by atoms with Crippen molar-refractivity contribution in [3.8, 4) is 0 Å². The molecule has 0 saturated carbocycles. The Morgan fingerprint density at radius 1 is 1.14 bits per heavy atom. The first kappa shape index (κ1) is 25.1. The standard InChI is InChI=1S/C13H22N4O.3ClH/c1-3-17(4-2)8-7-16-13(18)11-6-5-10(14)9-12(11)15;;;/h5-6,9H,3-4,7-8,14-15H2,1-2H3,(H,16,18);3*1H. The Labute approximate surface area is 145 Å². The van der Waals surface area contributed by atoms with Crippen LogP contribution >= 0.6 is 37.2 Å². The van der Waals surface area contributed by atoms with E-state index < -0.39 is 0 Å². The number of rotatable bonds is 6. The summed E-state index contributed by atoms with van der Waals surface area (Å²) in [5, 5.41) is 2.86. The van der Waals surface area contributed by atoms with E-state index in [1.54, 1.807) is 18.2 Å². The summed E-state index contributed by atoms with van der Waals surface area (Å²) in [6, 6.07) is 4.92.